The normalized spacial score (nSPS) is 15.7. The van der Waals surface area contributed by atoms with Crippen molar-refractivity contribution in [3.63, 3.8) is 0 Å². The highest BCUT2D eigenvalue weighted by Crippen LogP contribution is 2.33. The monoisotopic (exact) mass is 263 g/mol. The molecule has 5 nitrogen and oxygen atoms in total. The van der Waals surface area contributed by atoms with E-state index in [-0.39, 0.29) is 11.7 Å². The minimum Gasteiger partial charge on any atom is -0.345 e. The molecule has 0 saturated heterocycles. The minimum atomic E-state index is -4.44. The lowest BCUT2D eigenvalue weighted by Crippen LogP contribution is -2.37. The van der Waals surface area contributed by atoms with Gasteiger partial charge in [-0.05, 0) is 12.8 Å². The van der Waals surface area contributed by atoms with Crippen molar-refractivity contribution < 1.29 is 18.0 Å². The molecule has 0 aromatic carbocycles. The first-order chi connectivity index (χ1) is 8.37. The van der Waals surface area contributed by atoms with E-state index < -0.39 is 25.2 Å². The van der Waals surface area contributed by atoms with Crippen molar-refractivity contribution in [3.8, 4) is 0 Å². The summed E-state index contributed by atoms with van der Waals surface area (Å²) >= 11 is 0. The summed E-state index contributed by atoms with van der Waals surface area (Å²) in [7, 11) is 0. The van der Waals surface area contributed by atoms with Crippen LogP contribution < -0.4 is 11.0 Å². The highest BCUT2D eigenvalue weighted by molar-refractivity contribution is 5.75. The van der Waals surface area contributed by atoms with Gasteiger partial charge in [0.1, 0.15) is 13.1 Å². The lowest BCUT2D eigenvalue weighted by atomic mass is 10.5. The summed E-state index contributed by atoms with van der Waals surface area (Å²) in [4.78, 5) is 22.9. The Morgan fingerprint density at radius 3 is 2.61 bits per heavy atom. The second-order valence-electron chi connectivity index (χ2n) is 4.24. The number of imidazole rings is 1. The number of nitrogens with one attached hydrogen (secondary N) is 1. The van der Waals surface area contributed by atoms with Gasteiger partial charge in [0, 0.05) is 18.4 Å². The van der Waals surface area contributed by atoms with Gasteiger partial charge in [-0.1, -0.05) is 0 Å². The molecular formula is C10H12F3N3O2. The van der Waals surface area contributed by atoms with Crippen LogP contribution in [0.5, 0.6) is 0 Å². The van der Waals surface area contributed by atoms with Crippen molar-refractivity contribution in [3.05, 3.63) is 22.9 Å². The molecule has 0 aliphatic heterocycles. The number of rotatable bonds is 4. The maximum absolute atomic E-state index is 11.9. The largest absolute Gasteiger partial charge is 0.405 e. The Morgan fingerprint density at radius 2 is 2.06 bits per heavy atom. The number of hydrogen-bond donors (Lipinski definition) is 1. The second kappa shape index (κ2) is 4.51. The Morgan fingerprint density at radius 1 is 1.39 bits per heavy atom. The number of nitrogens with zero attached hydrogens (tertiary/aromatic N) is 2. The van der Waals surface area contributed by atoms with E-state index in [1.807, 2.05) is 0 Å². The number of aromatic nitrogens is 2. The van der Waals surface area contributed by atoms with Crippen molar-refractivity contribution in [2.45, 2.75) is 31.6 Å². The van der Waals surface area contributed by atoms with Crippen molar-refractivity contribution in [2.75, 3.05) is 6.54 Å². The lowest BCUT2D eigenvalue weighted by Gasteiger charge is -2.08. The Hall–Kier alpha value is -1.73. The van der Waals surface area contributed by atoms with Gasteiger partial charge >= 0.3 is 11.9 Å². The van der Waals surface area contributed by atoms with Crippen LogP contribution in [0.1, 0.15) is 18.9 Å². The number of carbonyl (C=O) groups is 1. The first kappa shape index (κ1) is 12.7. The molecule has 8 heteroatoms. The van der Waals surface area contributed by atoms with Crippen LogP contribution in [-0.2, 0) is 11.3 Å². The van der Waals surface area contributed by atoms with E-state index in [0.29, 0.717) is 0 Å². The number of alkyl halides is 3. The molecule has 0 unspecified atom stereocenters. The molecule has 100 valence electrons. The third-order valence-corrected chi connectivity index (χ3v) is 2.61. The Bertz CT molecular complexity index is 499. The zero-order valence-corrected chi connectivity index (χ0v) is 9.41. The van der Waals surface area contributed by atoms with E-state index in [9.17, 15) is 22.8 Å². The van der Waals surface area contributed by atoms with Gasteiger partial charge in [0.05, 0.1) is 0 Å². The number of carbonyl (C=O) groups excluding carboxylic acids is 1. The van der Waals surface area contributed by atoms with Crippen molar-refractivity contribution in [1.29, 1.82) is 0 Å². The fourth-order valence-corrected chi connectivity index (χ4v) is 1.59. The Kier molecular flexibility index (Phi) is 3.18. The molecular weight excluding hydrogens is 251 g/mol. The summed E-state index contributed by atoms with van der Waals surface area (Å²) in [5.74, 6) is -0.831. The average Bonchev–Trinajstić information content (AvgIpc) is 3.03. The predicted octanol–water partition coefficient (Wildman–Crippen LogP) is 0.663. The van der Waals surface area contributed by atoms with Crippen molar-refractivity contribution in [2.24, 2.45) is 0 Å². The molecule has 1 aromatic rings. The van der Waals surface area contributed by atoms with Crippen LogP contribution in [0.3, 0.4) is 0 Å². The van der Waals surface area contributed by atoms with Crippen LogP contribution in [0, 0.1) is 0 Å². The van der Waals surface area contributed by atoms with E-state index >= 15 is 0 Å². The quantitative estimate of drug-likeness (QED) is 0.867. The summed E-state index contributed by atoms with van der Waals surface area (Å²) in [6.45, 7) is -1.78. The van der Waals surface area contributed by atoms with Gasteiger partial charge in [0.2, 0.25) is 5.91 Å². The van der Waals surface area contributed by atoms with Gasteiger partial charge in [-0.15, -0.1) is 0 Å². The zero-order valence-electron chi connectivity index (χ0n) is 9.41. The molecule has 18 heavy (non-hydrogen) atoms. The van der Waals surface area contributed by atoms with Crippen LogP contribution in [0.25, 0.3) is 0 Å². The van der Waals surface area contributed by atoms with E-state index in [2.05, 4.69) is 0 Å². The maximum atomic E-state index is 11.9. The van der Waals surface area contributed by atoms with E-state index in [4.69, 9.17) is 0 Å². The van der Waals surface area contributed by atoms with E-state index in [1.54, 1.807) is 11.5 Å². The molecule has 0 spiro atoms. The molecule has 2 rings (SSSR count). The molecule has 1 aliphatic carbocycles. The van der Waals surface area contributed by atoms with Crippen LogP contribution in [0.15, 0.2) is 17.2 Å². The van der Waals surface area contributed by atoms with Gasteiger partial charge in [-0.3, -0.25) is 13.9 Å². The second-order valence-corrected chi connectivity index (χ2v) is 4.24. The zero-order chi connectivity index (χ0) is 13.3. The number of hydrogen-bond acceptors (Lipinski definition) is 2. The van der Waals surface area contributed by atoms with Gasteiger partial charge in [-0.2, -0.15) is 13.2 Å². The Balaban J connectivity index is 1.93. The number of halogens is 3. The first-order valence-corrected chi connectivity index (χ1v) is 5.47. The third-order valence-electron chi connectivity index (χ3n) is 2.61. The molecule has 1 saturated carbocycles. The van der Waals surface area contributed by atoms with Gasteiger partial charge in [-0.25, -0.2) is 4.79 Å². The minimum absolute atomic E-state index is 0.178. The first-order valence-electron chi connectivity index (χ1n) is 5.47. The van der Waals surface area contributed by atoms with Gasteiger partial charge in [0.15, 0.2) is 0 Å². The fourth-order valence-electron chi connectivity index (χ4n) is 1.59. The van der Waals surface area contributed by atoms with Crippen LogP contribution in [0.4, 0.5) is 13.2 Å². The molecule has 1 fully saturated rings. The fraction of sp³-hybridized carbons (Fsp3) is 0.600. The molecule has 1 aliphatic rings. The summed E-state index contributed by atoms with van der Waals surface area (Å²) < 4.78 is 38.2. The summed E-state index contributed by atoms with van der Waals surface area (Å²) in [6, 6.07) is 0.178. The molecule has 0 bridgehead atoms. The third kappa shape index (κ3) is 3.14. The van der Waals surface area contributed by atoms with Gasteiger partial charge < -0.3 is 5.32 Å². The summed E-state index contributed by atoms with van der Waals surface area (Å²) in [5.41, 5.74) is -0.361. The summed E-state index contributed by atoms with van der Waals surface area (Å²) in [5, 5.41) is 1.72. The summed E-state index contributed by atoms with van der Waals surface area (Å²) in [6.07, 6.45) is 0.361. The van der Waals surface area contributed by atoms with E-state index in [1.165, 1.54) is 10.8 Å². The highest BCUT2D eigenvalue weighted by atomic mass is 19.4. The lowest BCUT2D eigenvalue weighted by molar-refractivity contribution is -0.138. The molecule has 0 radical (unpaired) electrons. The molecule has 0 atom stereocenters. The van der Waals surface area contributed by atoms with Crippen LogP contribution in [-0.4, -0.2) is 27.8 Å². The molecule has 1 heterocycles. The topological polar surface area (TPSA) is 56.0 Å². The van der Waals surface area contributed by atoms with Gasteiger partial charge in [0.25, 0.3) is 0 Å². The predicted molar refractivity (Wildman–Crippen MR) is 56.0 cm³/mol. The number of amides is 1. The molecule has 1 N–H and O–H groups in total. The van der Waals surface area contributed by atoms with Crippen LogP contribution in [0.2, 0.25) is 0 Å². The standard InChI is InChI=1S/C10H12F3N3O2/c11-10(12,13)6-14-8(17)5-15-3-4-16(9(15)18)7-1-2-7/h3-4,7H,1-2,5-6H2,(H,14,17). The smallest absolute Gasteiger partial charge is 0.345 e. The van der Waals surface area contributed by atoms with E-state index in [0.717, 1.165) is 17.4 Å². The molecule has 1 aromatic heterocycles. The van der Waals surface area contributed by atoms with Crippen LogP contribution >= 0.6 is 0 Å². The maximum Gasteiger partial charge on any atom is 0.405 e. The molecule has 1 amide bonds. The Labute approximate surface area is 100 Å². The highest BCUT2D eigenvalue weighted by Gasteiger charge is 2.28. The van der Waals surface area contributed by atoms with Crippen molar-refractivity contribution >= 4 is 5.91 Å². The SMILES string of the molecule is O=C(Cn1ccn(C2CC2)c1=O)NCC(F)(F)F. The van der Waals surface area contributed by atoms with Crippen molar-refractivity contribution in [1.82, 2.24) is 14.5 Å². The average molecular weight is 263 g/mol.